The molecule has 0 aromatic heterocycles. The summed E-state index contributed by atoms with van der Waals surface area (Å²) in [5.41, 5.74) is 0. The minimum atomic E-state index is -3.70. The van der Waals surface area contributed by atoms with Gasteiger partial charge in [0, 0.05) is 38.8 Å². The van der Waals surface area contributed by atoms with Gasteiger partial charge in [0.2, 0.25) is 15.9 Å². The molecule has 0 saturated carbocycles. The number of rotatable bonds is 5. The third-order valence-corrected chi connectivity index (χ3v) is 7.44. The van der Waals surface area contributed by atoms with Crippen LogP contribution in [0.2, 0.25) is 0 Å². The molecule has 0 N–H and O–H groups in total. The Labute approximate surface area is 161 Å². The Morgan fingerprint density at radius 1 is 1.15 bits per heavy atom. The fraction of sp³-hybridized carbons (Fsp3) is 0.632. The van der Waals surface area contributed by atoms with E-state index in [-0.39, 0.29) is 10.8 Å². The van der Waals surface area contributed by atoms with Crippen LogP contribution >= 0.6 is 0 Å². The lowest BCUT2D eigenvalue weighted by Crippen LogP contribution is -2.53. The first-order chi connectivity index (χ1) is 12.9. The van der Waals surface area contributed by atoms with Crippen LogP contribution in [0.3, 0.4) is 0 Å². The average Bonchev–Trinajstić information content (AvgIpc) is 2.68. The summed E-state index contributed by atoms with van der Waals surface area (Å²) in [4.78, 5) is 16.7. The normalized spacial score (nSPS) is 22.7. The van der Waals surface area contributed by atoms with Crippen molar-refractivity contribution in [1.82, 2.24) is 14.1 Å². The average molecular weight is 398 g/mol. The van der Waals surface area contributed by atoms with Crippen molar-refractivity contribution in [2.24, 2.45) is 0 Å². The summed E-state index contributed by atoms with van der Waals surface area (Å²) >= 11 is 0. The van der Waals surface area contributed by atoms with Gasteiger partial charge in [0.1, 0.15) is 5.82 Å². The number of benzene rings is 1. The molecule has 1 amide bonds. The predicted octanol–water partition coefficient (Wildman–Crippen LogP) is 1.92. The zero-order valence-electron chi connectivity index (χ0n) is 15.8. The zero-order chi connectivity index (χ0) is 19.4. The highest BCUT2D eigenvalue weighted by atomic mass is 32.2. The highest BCUT2D eigenvalue weighted by Crippen LogP contribution is 2.21. The first kappa shape index (κ1) is 20.2. The van der Waals surface area contributed by atoms with Crippen LogP contribution in [0.1, 0.15) is 32.6 Å². The third kappa shape index (κ3) is 4.67. The van der Waals surface area contributed by atoms with E-state index in [1.54, 1.807) is 0 Å². The number of nitrogens with zero attached hydrogens (tertiary/aromatic N) is 3. The Morgan fingerprint density at radius 3 is 2.56 bits per heavy atom. The lowest BCUT2D eigenvalue weighted by molar-refractivity contribution is -0.136. The molecule has 0 aliphatic carbocycles. The quantitative estimate of drug-likeness (QED) is 0.762. The number of carbonyl (C=O) groups is 1. The van der Waals surface area contributed by atoms with Crippen LogP contribution in [0.15, 0.2) is 29.2 Å². The van der Waals surface area contributed by atoms with Crippen LogP contribution in [0.5, 0.6) is 0 Å². The minimum Gasteiger partial charge on any atom is -0.339 e. The van der Waals surface area contributed by atoms with Crippen molar-refractivity contribution >= 4 is 15.9 Å². The molecule has 2 aliphatic heterocycles. The molecule has 2 aliphatic rings. The van der Waals surface area contributed by atoms with E-state index in [2.05, 4.69) is 6.92 Å². The monoisotopic (exact) mass is 397 g/mol. The van der Waals surface area contributed by atoms with Gasteiger partial charge in [0.15, 0.2) is 0 Å². The molecular formula is C19H28FN3O3S. The second-order valence-corrected chi connectivity index (χ2v) is 9.22. The van der Waals surface area contributed by atoms with E-state index < -0.39 is 15.8 Å². The number of piperazine rings is 1. The molecule has 1 aromatic carbocycles. The Kier molecular flexibility index (Phi) is 6.49. The van der Waals surface area contributed by atoms with E-state index in [4.69, 9.17) is 0 Å². The van der Waals surface area contributed by atoms with Crippen molar-refractivity contribution in [3.63, 3.8) is 0 Å². The van der Waals surface area contributed by atoms with Crippen LogP contribution < -0.4 is 0 Å². The van der Waals surface area contributed by atoms with E-state index in [1.807, 2.05) is 9.80 Å². The lowest BCUT2D eigenvalue weighted by atomic mass is 10.00. The van der Waals surface area contributed by atoms with Crippen LogP contribution in [0.4, 0.5) is 4.39 Å². The summed E-state index contributed by atoms with van der Waals surface area (Å²) in [5.74, 6) is -0.421. The molecule has 6 nitrogen and oxygen atoms in total. The third-order valence-electron chi connectivity index (χ3n) is 5.54. The van der Waals surface area contributed by atoms with E-state index in [9.17, 15) is 17.6 Å². The molecule has 2 saturated heterocycles. The fourth-order valence-corrected chi connectivity index (χ4v) is 5.39. The smallest absolute Gasteiger partial charge is 0.243 e. The summed E-state index contributed by atoms with van der Waals surface area (Å²) in [6.45, 7) is 4.91. The van der Waals surface area contributed by atoms with Crippen molar-refractivity contribution < 1.29 is 17.6 Å². The maximum absolute atomic E-state index is 13.4. The van der Waals surface area contributed by atoms with E-state index >= 15 is 0 Å². The Hall–Kier alpha value is -1.51. The van der Waals surface area contributed by atoms with Gasteiger partial charge in [-0.25, -0.2) is 12.8 Å². The molecule has 27 heavy (non-hydrogen) atoms. The van der Waals surface area contributed by atoms with Crippen molar-refractivity contribution in [3.05, 3.63) is 30.1 Å². The number of hydrogen-bond acceptors (Lipinski definition) is 4. The zero-order valence-corrected chi connectivity index (χ0v) is 16.6. The number of amides is 1. The van der Waals surface area contributed by atoms with Crippen LogP contribution in [0.25, 0.3) is 0 Å². The largest absolute Gasteiger partial charge is 0.339 e. The highest BCUT2D eigenvalue weighted by Gasteiger charge is 2.31. The molecule has 8 heteroatoms. The summed E-state index contributed by atoms with van der Waals surface area (Å²) in [5, 5.41) is 0. The van der Waals surface area contributed by atoms with E-state index in [0.29, 0.717) is 38.8 Å². The standard InChI is InChI=1S/C19H28FN3O3S/c1-2-17-7-3-4-9-23(17)19(24)15-21-10-12-22(13-11-21)27(25,26)18-8-5-6-16(20)14-18/h5-6,8,14,17H,2-4,7,9-13,15H2,1H3/t17-/m0/s1. The molecule has 0 bridgehead atoms. The number of sulfonamides is 1. The van der Waals surface area contributed by atoms with Gasteiger partial charge in [-0.15, -0.1) is 0 Å². The summed E-state index contributed by atoms with van der Waals surface area (Å²) in [7, 11) is -3.70. The van der Waals surface area contributed by atoms with Gasteiger partial charge < -0.3 is 4.90 Å². The summed E-state index contributed by atoms with van der Waals surface area (Å²) in [6.07, 6.45) is 4.29. The number of hydrogen-bond donors (Lipinski definition) is 0. The van der Waals surface area contributed by atoms with Gasteiger partial charge in [-0.05, 0) is 43.9 Å². The van der Waals surface area contributed by atoms with Crippen LogP contribution in [0, 0.1) is 5.82 Å². The molecular weight excluding hydrogens is 369 g/mol. The Morgan fingerprint density at radius 2 is 1.89 bits per heavy atom. The van der Waals surface area contributed by atoms with Gasteiger partial charge in [0.05, 0.1) is 11.4 Å². The highest BCUT2D eigenvalue weighted by molar-refractivity contribution is 7.89. The number of piperidine rings is 1. The SMILES string of the molecule is CC[C@H]1CCCCN1C(=O)CN1CCN(S(=O)(=O)c2cccc(F)c2)CC1. The molecule has 0 unspecified atom stereocenters. The molecule has 1 aromatic rings. The topological polar surface area (TPSA) is 60.9 Å². The van der Waals surface area contributed by atoms with Gasteiger partial charge >= 0.3 is 0 Å². The van der Waals surface area contributed by atoms with Crippen molar-refractivity contribution in [2.45, 2.75) is 43.5 Å². The summed E-state index contributed by atoms with van der Waals surface area (Å²) in [6, 6.07) is 5.43. The Balaban J connectivity index is 1.56. The minimum absolute atomic E-state index is 0.0221. The van der Waals surface area contributed by atoms with Crippen molar-refractivity contribution in [3.8, 4) is 0 Å². The molecule has 2 heterocycles. The summed E-state index contributed by atoms with van der Waals surface area (Å²) < 4.78 is 40.1. The first-order valence-corrected chi connectivity index (χ1v) is 11.1. The first-order valence-electron chi connectivity index (χ1n) is 9.69. The van der Waals surface area contributed by atoms with E-state index in [0.717, 1.165) is 31.9 Å². The second kappa shape index (κ2) is 8.67. The second-order valence-electron chi connectivity index (χ2n) is 7.28. The van der Waals surface area contributed by atoms with Gasteiger partial charge in [0.25, 0.3) is 0 Å². The molecule has 3 rings (SSSR count). The number of carbonyl (C=O) groups excluding carboxylic acids is 1. The molecule has 2 fully saturated rings. The number of likely N-dealkylation sites (tertiary alicyclic amines) is 1. The lowest BCUT2D eigenvalue weighted by Gasteiger charge is -2.38. The molecule has 150 valence electrons. The fourth-order valence-electron chi connectivity index (χ4n) is 3.94. The Bertz CT molecular complexity index is 763. The molecule has 1 atom stereocenters. The van der Waals surface area contributed by atoms with Gasteiger partial charge in [-0.2, -0.15) is 4.31 Å². The number of halogens is 1. The van der Waals surface area contributed by atoms with E-state index in [1.165, 1.54) is 28.9 Å². The van der Waals surface area contributed by atoms with Crippen LogP contribution in [-0.2, 0) is 14.8 Å². The predicted molar refractivity (Wildman–Crippen MR) is 101 cm³/mol. The van der Waals surface area contributed by atoms with Crippen LogP contribution in [-0.4, -0.2) is 73.7 Å². The van der Waals surface area contributed by atoms with Gasteiger partial charge in [-0.1, -0.05) is 13.0 Å². The van der Waals surface area contributed by atoms with Crippen molar-refractivity contribution in [2.75, 3.05) is 39.3 Å². The maximum Gasteiger partial charge on any atom is 0.243 e. The molecule has 0 spiro atoms. The maximum atomic E-state index is 13.4. The van der Waals surface area contributed by atoms with Gasteiger partial charge in [-0.3, -0.25) is 9.69 Å². The molecule has 0 radical (unpaired) electrons. The van der Waals surface area contributed by atoms with Crippen molar-refractivity contribution in [1.29, 1.82) is 0 Å².